The second-order valence-corrected chi connectivity index (χ2v) is 9.73. The van der Waals surface area contributed by atoms with Crippen molar-refractivity contribution in [3.8, 4) is 5.82 Å². The van der Waals surface area contributed by atoms with Crippen molar-refractivity contribution in [3.05, 3.63) is 59.8 Å². The van der Waals surface area contributed by atoms with Gasteiger partial charge in [-0.2, -0.15) is 5.10 Å². The lowest BCUT2D eigenvalue weighted by molar-refractivity contribution is -0.147. The molecule has 3 aromatic heterocycles. The van der Waals surface area contributed by atoms with E-state index in [0.29, 0.717) is 23.2 Å². The Kier molecular flexibility index (Phi) is 6.80. The molecule has 0 radical (unpaired) electrons. The maximum absolute atomic E-state index is 15.0. The summed E-state index contributed by atoms with van der Waals surface area (Å²) in [5.74, 6) is 0.788. The molecule has 2 aliphatic rings. The van der Waals surface area contributed by atoms with Gasteiger partial charge in [-0.15, -0.1) is 0 Å². The van der Waals surface area contributed by atoms with Gasteiger partial charge in [-0.3, -0.25) is 10.2 Å². The highest BCUT2D eigenvalue weighted by Gasteiger charge is 2.51. The summed E-state index contributed by atoms with van der Waals surface area (Å²) in [6, 6.07) is 7.28. The van der Waals surface area contributed by atoms with Crippen molar-refractivity contribution in [2.24, 2.45) is 0 Å². The Morgan fingerprint density at radius 1 is 1.32 bits per heavy atom. The fraction of sp³-hybridized carbons (Fsp3) is 0.440. The van der Waals surface area contributed by atoms with Crippen molar-refractivity contribution in [3.63, 3.8) is 0 Å². The van der Waals surface area contributed by atoms with Crippen LogP contribution in [0.15, 0.2) is 42.9 Å². The number of nitrogens with zero attached hydrogens (tertiary/aromatic N) is 5. The van der Waals surface area contributed by atoms with Gasteiger partial charge in [-0.25, -0.2) is 24.5 Å². The molecule has 0 spiro atoms. The van der Waals surface area contributed by atoms with E-state index in [-0.39, 0.29) is 37.0 Å². The first-order valence-electron chi connectivity index (χ1n) is 12.3. The fourth-order valence-corrected chi connectivity index (χ4v) is 4.60. The number of anilines is 2. The Balaban J connectivity index is 1.24. The molecular formula is C25H32FN9O2. The number of ether oxygens (including phenoxy) is 1. The molecule has 196 valence electrons. The van der Waals surface area contributed by atoms with Crippen LogP contribution >= 0.6 is 0 Å². The molecule has 0 aromatic carbocycles. The molecule has 0 saturated carbocycles. The van der Waals surface area contributed by atoms with Crippen LogP contribution in [-0.2, 0) is 9.53 Å². The number of hydrogen-bond acceptors (Lipinski definition) is 9. The Bertz CT molecular complexity index is 1250. The number of rotatable bonds is 8. The van der Waals surface area contributed by atoms with Crippen LogP contribution in [0.1, 0.15) is 37.4 Å². The van der Waals surface area contributed by atoms with Crippen molar-refractivity contribution < 1.29 is 13.9 Å². The van der Waals surface area contributed by atoms with Crippen LogP contribution in [0.25, 0.3) is 5.82 Å². The Labute approximate surface area is 214 Å². The van der Waals surface area contributed by atoms with E-state index in [0.717, 1.165) is 12.0 Å². The van der Waals surface area contributed by atoms with Crippen molar-refractivity contribution in [1.82, 2.24) is 35.9 Å². The minimum absolute atomic E-state index is 0.00923. The summed E-state index contributed by atoms with van der Waals surface area (Å²) in [4.78, 5) is 23.9. The first-order chi connectivity index (χ1) is 17.8. The van der Waals surface area contributed by atoms with Crippen LogP contribution in [-0.4, -0.2) is 63.7 Å². The third kappa shape index (κ3) is 4.99. The van der Waals surface area contributed by atoms with E-state index in [1.807, 2.05) is 31.3 Å². The van der Waals surface area contributed by atoms with Gasteiger partial charge >= 0.3 is 0 Å². The molecule has 12 heteroatoms. The maximum atomic E-state index is 15.0. The van der Waals surface area contributed by atoms with E-state index in [9.17, 15) is 4.79 Å². The number of nitrogens with one attached hydrogen (secondary N) is 4. The second kappa shape index (κ2) is 10.0. The maximum Gasteiger partial charge on any atom is 0.256 e. The molecule has 5 rings (SSSR count). The number of carbonyl (C=O) groups is 1. The van der Waals surface area contributed by atoms with E-state index >= 15 is 4.39 Å². The van der Waals surface area contributed by atoms with Gasteiger partial charge in [0.25, 0.3) is 5.91 Å². The van der Waals surface area contributed by atoms with Gasteiger partial charge in [0.1, 0.15) is 5.82 Å². The van der Waals surface area contributed by atoms with Crippen molar-refractivity contribution >= 4 is 17.5 Å². The molecule has 2 saturated heterocycles. The van der Waals surface area contributed by atoms with Crippen LogP contribution in [0.3, 0.4) is 0 Å². The molecule has 0 aliphatic carbocycles. The molecule has 1 amide bonds. The average molecular weight is 510 g/mol. The molecule has 11 nitrogen and oxygen atoms in total. The number of carbonyl (C=O) groups excluding carboxylic acids is 1. The molecule has 0 bridgehead atoms. The molecule has 2 aliphatic heterocycles. The Hall–Kier alpha value is -3.61. The van der Waals surface area contributed by atoms with Gasteiger partial charge in [0.2, 0.25) is 0 Å². The molecule has 3 atom stereocenters. The van der Waals surface area contributed by atoms with Crippen molar-refractivity contribution in [2.75, 3.05) is 30.4 Å². The second-order valence-electron chi connectivity index (χ2n) is 9.73. The van der Waals surface area contributed by atoms with Crippen LogP contribution in [0.5, 0.6) is 0 Å². The molecule has 2 unspecified atom stereocenters. The smallest absolute Gasteiger partial charge is 0.256 e. The highest BCUT2D eigenvalue weighted by molar-refractivity contribution is 5.89. The fourth-order valence-electron chi connectivity index (χ4n) is 4.60. The molecular weight excluding hydrogens is 477 g/mol. The minimum Gasteiger partial charge on any atom is -0.365 e. The average Bonchev–Trinajstić information content (AvgIpc) is 3.54. The number of amides is 1. The zero-order valence-electron chi connectivity index (χ0n) is 21.3. The molecule has 37 heavy (non-hydrogen) atoms. The first kappa shape index (κ1) is 25.1. The number of hydrogen-bond donors (Lipinski definition) is 4. The van der Waals surface area contributed by atoms with E-state index in [1.54, 1.807) is 35.0 Å². The first-order valence-corrected chi connectivity index (χ1v) is 12.3. The van der Waals surface area contributed by atoms with Gasteiger partial charge in [-0.05, 0) is 56.5 Å². The summed E-state index contributed by atoms with van der Waals surface area (Å²) in [5.41, 5.74) is 6.52. The molecule has 3 aromatic rings. The summed E-state index contributed by atoms with van der Waals surface area (Å²) >= 11 is 0. The lowest BCUT2D eigenvalue weighted by Gasteiger charge is -2.48. The number of methoxy groups -OCH3 is 1. The summed E-state index contributed by atoms with van der Waals surface area (Å²) in [6.07, 6.45) is 6.07. The molecule has 4 N–H and O–H groups in total. The summed E-state index contributed by atoms with van der Waals surface area (Å²) in [7, 11) is 1.50. The predicted octanol–water partition coefficient (Wildman–Crippen LogP) is 1.82. The highest BCUT2D eigenvalue weighted by Crippen LogP contribution is 2.33. The molecule has 5 heterocycles. The third-order valence-electron chi connectivity index (χ3n) is 6.89. The Morgan fingerprint density at radius 3 is 2.76 bits per heavy atom. The monoisotopic (exact) mass is 509 g/mol. The number of aromatic nitrogens is 4. The molecule has 2 fully saturated rings. The van der Waals surface area contributed by atoms with Crippen molar-refractivity contribution in [1.29, 1.82) is 0 Å². The van der Waals surface area contributed by atoms with E-state index < -0.39 is 11.4 Å². The zero-order chi connectivity index (χ0) is 26.2. The largest absolute Gasteiger partial charge is 0.365 e. The van der Waals surface area contributed by atoms with Gasteiger partial charge in [-0.1, -0.05) is 6.07 Å². The summed E-state index contributed by atoms with van der Waals surface area (Å²) in [6.45, 7) is 6.04. The lowest BCUT2D eigenvalue weighted by Crippen LogP contribution is -2.70. The van der Waals surface area contributed by atoms with E-state index in [4.69, 9.17) is 4.74 Å². The minimum atomic E-state index is -1.10. The summed E-state index contributed by atoms with van der Waals surface area (Å²) in [5, 5.41) is 10.5. The van der Waals surface area contributed by atoms with Gasteiger partial charge < -0.3 is 20.3 Å². The quantitative estimate of drug-likeness (QED) is 0.360. The van der Waals surface area contributed by atoms with Crippen LogP contribution < -0.4 is 26.4 Å². The van der Waals surface area contributed by atoms with Gasteiger partial charge in [0, 0.05) is 31.7 Å². The van der Waals surface area contributed by atoms with Gasteiger partial charge in [0.05, 0.1) is 25.3 Å². The number of hydrazine groups is 1. The predicted molar refractivity (Wildman–Crippen MR) is 137 cm³/mol. The zero-order valence-corrected chi connectivity index (χ0v) is 21.3. The topological polar surface area (TPSA) is 121 Å². The van der Waals surface area contributed by atoms with Gasteiger partial charge in [0.15, 0.2) is 23.1 Å². The highest BCUT2D eigenvalue weighted by atomic mass is 19.1. The lowest BCUT2D eigenvalue weighted by atomic mass is 9.91. The standard InChI is InChI=1S/C25H32FN9O2/c1-15-10-19(30-20-11-16(2)32-33-20)31-23(22(15)26)34-13-25(14-34,37-4)24(36)29-17(3)18-6-7-21(27-12-18)35-9-5-8-28-35/h5-10,12,16-17,20,32-33H,11,13-14H2,1-4H3,(H,29,36)(H,30,31)/t16?,17-,20?/m0/s1. The normalized spacial score (nSPS) is 21.4. The summed E-state index contributed by atoms with van der Waals surface area (Å²) < 4.78 is 22.3. The van der Waals surface area contributed by atoms with Crippen LogP contribution in [0.4, 0.5) is 16.0 Å². The number of pyridine rings is 2. The van der Waals surface area contributed by atoms with E-state index in [1.165, 1.54) is 7.11 Å². The Morgan fingerprint density at radius 2 is 2.14 bits per heavy atom. The number of aryl methyl sites for hydroxylation is 1. The third-order valence-corrected chi connectivity index (χ3v) is 6.89. The number of halogens is 1. The van der Waals surface area contributed by atoms with Crippen molar-refractivity contribution in [2.45, 2.75) is 51.0 Å². The van der Waals surface area contributed by atoms with E-state index in [2.05, 4.69) is 43.5 Å². The SMILES string of the molecule is COC1(C(=O)N[C@@H](C)c2ccc(-n3cccn3)nc2)CN(c2nc(NC3CC(C)NN3)cc(C)c2F)C1. The van der Waals surface area contributed by atoms with Crippen LogP contribution in [0, 0.1) is 12.7 Å². The van der Waals surface area contributed by atoms with Crippen LogP contribution in [0.2, 0.25) is 0 Å².